The molecular formula is C20H29ClN2O5S. The smallest absolute Gasteiger partial charge is 0.408 e. The van der Waals surface area contributed by atoms with Gasteiger partial charge >= 0.3 is 12.1 Å². The maximum absolute atomic E-state index is 12.9. The van der Waals surface area contributed by atoms with Crippen LogP contribution in [0.2, 0.25) is 5.02 Å². The van der Waals surface area contributed by atoms with Crippen molar-refractivity contribution in [3.05, 3.63) is 34.9 Å². The van der Waals surface area contributed by atoms with Gasteiger partial charge in [0.05, 0.1) is 7.11 Å². The highest BCUT2D eigenvalue weighted by Crippen LogP contribution is 2.19. The van der Waals surface area contributed by atoms with Crippen molar-refractivity contribution in [1.82, 2.24) is 10.6 Å². The summed E-state index contributed by atoms with van der Waals surface area (Å²) in [4.78, 5) is 37.3. The average molecular weight is 445 g/mol. The molecule has 0 aromatic heterocycles. The van der Waals surface area contributed by atoms with Gasteiger partial charge in [-0.2, -0.15) is 12.6 Å². The van der Waals surface area contributed by atoms with Crippen molar-refractivity contribution >= 4 is 42.2 Å². The number of halogens is 1. The highest BCUT2D eigenvalue weighted by Gasteiger charge is 2.36. The Morgan fingerprint density at radius 3 is 2.07 bits per heavy atom. The number of rotatable bonds is 7. The summed E-state index contributed by atoms with van der Waals surface area (Å²) in [5.74, 6) is -1.20. The van der Waals surface area contributed by atoms with Gasteiger partial charge in [-0.3, -0.25) is 4.79 Å². The molecule has 0 aliphatic carbocycles. The van der Waals surface area contributed by atoms with Crippen LogP contribution in [0.15, 0.2) is 24.3 Å². The van der Waals surface area contributed by atoms with Crippen molar-refractivity contribution in [3.8, 4) is 0 Å². The molecule has 0 aliphatic heterocycles. The first-order valence-corrected chi connectivity index (χ1v) is 9.90. The van der Waals surface area contributed by atoms with E-state index in [9.17, 15) is 14.4 Å². The molecule has 1 aromatic carbocycles. The number of carbonyl (C=O) groups excluding carboxylic acids is 3. The van der Waals surface area contributed by atoms with Crippen LogP contribution in [0.4, 0.5) is 4.79 Å². The lowest BCUT2D eigenvalue weighted by Crippen LogP contribution is -2.58. The second-order valence-electron chi connectivity index (χ2n) is 8.15. The third kappa shape index (κ3) is 8.95. The van der Waals surface area contributed by atoms with Gasteiger partial charge in [-0.15, -0.1) is 0 Å². The summed E-state index contributed by atoms with van der Waals surface area (Å²) in [6.07, 6.45) is -0.574. The molecule has 0 saturated carbocycles. The number of nitrogens with one attached hydrogen (secondary N) is 2. The van der Waals surface area contributed by atoms with Crippen molar-refractivity contribution in [2.75, 3.05) is 7.11 Å². The van der Waals surface area contributed by atoms with Crippen molar-refractivity contribution in [3.63, 3.8) is 0 Å². The predicted molar refractivity (Wildman–Crippen MR) is 115 cm³/mol. The SMILES string of the molecule is COC(=O)[C@H](NC(=O)[C@H](Cc1ccc(Cl)cc1)NC(=O)OC(C)(C)C)C(C)(C)S. The lowest BCUT2D eigenvalue weighted by Gasteiger charge is -2.30. The molecule has 7 nitrogen and oxygen atoms in total. The van der Waals surface area contributed by atoms with Crippen LogP contribution in [0.25, 0.3) is 0 Å². The van der Waals surface area contributed by atoms with Crippen LogP contribution in [0.5, 0.6) is 0 Å². The van der Waals surface area contributed by atoms with Crippen molar-refractivity contribution < 1.29 is 23.9 Å². The van der Waals surface area contributed by atoms with E-state index in [1.165, 1.54) is 7.11 Å². The summed E-state index contributed by atoms with van der Waals surface area (Å²) in [5, 5.41) is 5.74. The van der Waals surface area contributed by atoms with E-state index in [2.05, 4.69) is 23.3 Å². The van der Waals surface area contributed by atoms with Gasteiger partial charge in [0.15, 0.2) is 0 Å². The molecule has 0 radical (unpaired) electrons. The van der Waals surface area contributed by atoms with E-state index in [4.69, 9.17) is 21.1 Å². The van der Waals surface area contributed by atoms with E-state index < -0.39 is 40.4 Å². The molecule has 9 heteroatoms. The van der Waals surface area contributed by atoms with Crippen molar-refractivity contribution in [2.24, 2.45) is 0 Å². The molecule has 162 valence electrons. The summed E-state index contributed by atoms with van der Waals surface area (Å²) in [5.41, 5.74) is 0.0397. The van der Waals surface area contributed by atoms with E-state index >= 15 is 0 Å². The van der Waals surface area contributed by atoms with Crippen LogP contribution < -0.4 is 10.6 Å². The first-order chi connectivity index (χ1) is 13.2. The van der Waals surface area contributed by atoms with E-state index in [-0.39, 0.29) is 6.42 Å². The maximum atomic E-state index is 12.9. The summed E-state index contributed by atoms with van der Waals surface area (Å²) in [7, 11) is 1.23. The zero-order valence-electron chi connectivity index (χ0n) is 17.5. The molecule has 29 heavy (non-hydrogen) atoms. The Balaban J connectivity index is 3.06. The second kappa shape index (κ2) is 10.2. The fourth-order valence-corrected chi connectivity index (χ4v) is 2.70. The highest BCUT2D eigenvalue weighted by atomic mass is 35.5. The number of thiol groups is 1. The second-order valence-corrected chi connectivity index (χ2v) is 9.74. The summed E-state index contributed by atoms with van der Waals surface area (Å²) >= 11 is 10.3. The number of esters is 1. The van der Waals surface area contributed by atoms with E-state index in [0.717, 1.165) is 5.56 Å². The Hall–Kier alpha value is -1.93. The molecule has 2 amide bonds. The van der Waals surface area contributed by atoms with E-state index in [0.29, 0.717) is 5.02 Å². The van der Waals surface area contributed by atoms with Crippen LogP contribution in [0.3, 0.4) is 0 Å². The number of ether oxygens (including phenoxy) is 2. The minimum Gasteiger partial charge on any atom is -0.467 e. The third-order valence-corrected chi connectivity index (χ3v) is 4.30. The van der Waals surface area contributed by atoms with Gasteiger partial charge in [0.25, 0.3) is 0 Å². The molecule has 0 aliphatic rings. The molecular weight excluding hydrogens is 416 g/mol. The quantitative estimate of drug-likeness (QED) is 0.443. The Bertz CT molecular complexity index is 726. The molecule has 0 bridgehead atoms. The van der Waals surface area contributed by atoms with Crippen LogP contribution >= 0.6 is 24.2 Å². The molecule has 1 aromatic rings. The molecule has 2 N–H and O–H groups in total. The zero-order valence-corrected chi connectivity index (χ0v) is 19.2. The van der Waals surface area contributed by atoms with E-state index in [1.807, 2.05) is 0 Å². The fourth-order valence-electron chi connectivity index (χ4n) is 2.40. The molecule has 0 saturated heterocycles. The number of carbonyl (C=O) groups is 3. The first-order valence-electron chi connectivity index (χ1n) is 9.07. The van der Waals surface area contributed by atoms with Gasteiger partial charge in [0, 0.05) is 16.2 Å². The number of hydrogen-bond donors (Lipinski definition) is 3. The molecule has 2 atom stereocenters. The number of methoxy groups -OCH3 is 1. The normalized spacial score (nSPS) is 13.8. The molecule has 0 fully saturated rings. The lowest BCUT2D eigenvalue weighted by atomic mass is 10.0. The molecule has 0 unspecified atom stereocenters. The van der Waals surface area contributed by atoms with Gasteiger partial charge in [-0.1, -0.05) is 23.7 Å². The average Bonchev–Trinajstić information content (AvgIpc) is 2.57. The molecule has 0 spiro atoms. The predicted octanol–water partition coefficient (Wildman–Crippen LogP) is 3.14. The van der Waals surface area contributed by atoms with Crippen molar-refractivity contribution in [1.29, 1.82) is 0 Å². The lowest BCUT2D eigenvalue weighted by molar-refractivity contribution is -0.146. The Kier molecular flexibility index (Phi) is 8.84. The van der Waals surface area contributed by atoms with Gasteiger partial charge in [0.2, 0.25) is 5.91 Å². The minimum absolute atomic E-state index is 0.170. The topological polar surface area (TPSA) is 93.7 Å². The highest BCUT2D eigenvalue weighted by molar-refractivity contribution is 7.81. The molecule has 0 heterocycles. The first kappa shape index (κ1) is 25.1. The standard InChI is InChI=1S/C20H29ClN2O5S/c1-19(2,3)28-18(26)22-14(11-12-7-9-13(21)10-8-12)16(24)23-15(17(25)27-6)20(4,5)29/h7-10,14-15,29H,11H2,1-6H3,(H,22,26)(H,23,24)/t14-,15-/m0/s1. The largest absolute Gasteiger partial charge is 0.467 e. The van der Waals surface area contributed by atoms with Gasteiger partial charge < -0.3 is 20.1 Å². The van der Waals surface area contributed by atoms with Crippen molar-refractivity contribution in [2.45, 2.75) is 63.5 Å². The van der Waals surface area contributed by atoms with Crippen LogP contribution in [-0.2, 0) is 25.5 Å². The maximum Gasteiger partial charge on any atom is 0.408 e. The monoisotopic (exact) mass is 444 g/mol. The van der Waals surface area contributed by atoms with Gasteiger partial charge in [-0.25, -0.2) is 9.59 Å². The number of benzene rings is 1. The molecule has 1 rings (SSSR count). The van der Waals surface area contributed by atoms with Crippen LogP contribution in [0.1, 0.15) is 40.2 Å². The summed E-state index contributed by atoms with van der Waals surface area (Å²) in [6, 6.07) is 4.87. The minimum atomic E-state index is -1.02. The fraction of sp³-hybridized carbons (Fsp3) is 0.550. The van der Waals surface area contributed by atoms with E-state index in [1.54, 1.807) is 58.9 Å². The summed E-state index contributed by atoms with van der Waals surface area (Å²) < 4.78 is 9.14. The Morgan fingerprint density at radius 1 is 1.07 bits per heavy atom. The van der Waals surface area contributed by atoms with Gasteiger partial charge in [0.1, 0.15) is 17.7 Å². The number of amides is 2. The Morgan fingerprint density at radius 2 is 1.62 bits per heavy atom. The van der Waals surface area contributed by atoms with Gasteiger partial charge in [-0.05, 0) is 52.3 Å². The summed E-state index contributed by atoms with van der Waals surface area (Å²) in [6.45, 7) is 8.51. The van der Waals surface area contributed by atoms with Crippen LogP contribution in [0, 0.1) is 0 Å². The number of hydrogen-bond acceptors (Lipinski definition) is 6. The Labute approximate surface area is 182 Å². The van der Waals surface area contributed by atoms with Crippen LogP contribution in [-0.4, -0.2) is 47.5 Å². The third-order valence-electron chi connectivity index (χ3n) is 3.79. The number of alkyl carbamates (subject to hydrolysis) is 1. The zero-order chi connectivity index (χ0) is 22.4.